The van der Waals surface area contributed by atoms with Gasteiger partial charge in [0.25, 0.3) is 0 Å². The molecule has 1 aliphatic heterocycles. The van der Waals surface area contributed by atoms with Crippen LogP contribution in [0.4, 0.5) is 5.69 Å². The van der Waals surface area contributed by atoms with Crippen LogP contribution in [0.25, 0.3) is 0 Å². The maximum atomic E-state index is 13.9. The molecule has 4 rings (SSSR count). The zero-order valence-corrected chi connectivity index (χ0v) is 17.5. The highest BCUT2D eigenvalue weighted by atomic mass is 16.1. The molecule has 150 valence electrons. The van der Waals surface area contributed by atoms with Crippen LogP contribution in [0.15, 0.2) is 96.2 Å². The molecule has 0 N–H and O–H groups in total. The van der Waals surface area contributed by atoms with Crippen LogP contribution in [-0.2, 0) is 4.79 Å². The number of rotatable bonds is 5. The first kappa shape index (κ1) is 19.8. The summed E-state index contributed by atoms with van der Waals surface area (Å²) in [6.07, 6.45) is 0. The van der Waals surface area contributed by atoms with Crippen LogP contribution in [0.2, 0.25) is 0 Å². The molecule has 0 fully saturated rings. The van der Waals surface area contributed by atoms with E-state index in [4.69, 9.17) is 0 Å². The summed E-state index contributed by atoms with van der Waals surface area (Å²) >= 11 is 0. The van der Waals surface area contributed by atoms with Crippen LogP contribution >= 0.6 is 0 Å². The number of anilines is 1. The minimum atomic E-state index is -0.518. The molecule has 0 saturated carbocycles. The Kier molecular flexibility index (Phi) is 5.37. The number of para-hydroxylation sites is 1. The van der Waals surface area contributed by atoms with Gasteiger partial charge in [0, 0.05) is 28.4 Å². The van der Waals surface area contributed by atoms with Crippen molar-refractivity contribution in [1.29, 1.82) is 0 Å². The molecular formula is C27H25NO2. The van der Waals surface area contributed by atoms with Crippen molar-refractivity contribution < 1.29 is 9.59 Å². The van der Waals surface area contributed by atoms with E-state index in [2.05, 4.69) is 0 Å². The Balaban J connectivity index is 1.93. The number of hydrogen-bond donors (Lipinski definition) is 0. The molecule has 30 heavy (non-hydrogen) atoms. The number of carbonyl (C=O) groups is 2. The number of carbonyl (C=O) groups excluding carboxylic acids is 2. The SMILES string of the molecule is CC(=O)C1=C(C)N(c2ccccc2)C(C(=O)c2cccc(C)c2)C1c1ccccc1. The van der Waals surface area contributed by atoms with Gasteiger partial charge in [-0.15, -0.1) is 0 Å². The van der Waals surface area contributed by atoms with Crippen molar-refractivity contribution >= 4 is 17.3 Å². The normalized spacial score (nSPS) is 18.6. The summed E-state index contributed by atoms with van der Waals surface area (Å²) in [7, 11) is 0. The van der Waals surface area contributed by atoms with E-state index in [1.165, 1.54) is 0 Å². The Morgan fingerprint density at radius 3 is 2.03 bits per heavy atom. The first-order chi connectivity index (χ1) is 14.5. The van der Waals surface area contributed by atoms with Gasteiger partial charge in [0.15, 0.2) is 11.6 Å². The lowest BCUT2D eigenvalue weighted by atomic mass is 9.82. The zero-order chi connectivity index (χ0) is 21.3. The van der Waals surface area contributed by atoms with Gasteiger partial charge in [-0.1, -0.05) is 72.3 Å². The first-order valence-corrected chi connectivity index (χ1v) is 10.2. The third-order valence-corrected chi connectivity index (χ3v) is 5.80. The van der Waals surface area contributed by atoms with E-state index in [1.807, 2.05) is 104 Å². The number of nitrogens with zero attached hydrogens (tertiary/aromatic N) is 1. The smallest absolute Gasteiger partial charge is 0.186 e. The molecule has 0 amide bonds. The van der Waals surface area contributed by atoms with E-state index in [-0.39, 0.29) is 17.5 Å². The van der Waals surface area contributed by atoms with E-state index < -0.39 is 6.04 Å². The fraction of sp³-hybridized carbons (Fsp3) is 0.185. The Morgan fingerprint density at radius 2 is 1.43 bits per heavy atom. The van der Waals surface area contributed by atoms with Gasteiger partial charge in [0.2, 0.25) is 0 Å². The lowest BCUT2D eigenvalue weighted by Crippen LogP contribution is -2.40. The fourth-order valence-corrected chi connectivity index (χ4v) is 4.53. The van der Waals surface area contributed by atoms with E-state index >= 15 is 0 Å². The predicted octanol–water partition coefficient (Wildman–Crippen LogP) is 5.71. The van der Waals surface area contributed by atoms with Gasteiger partial charge in [-0.25, -0.2) is 0 Å². The molecule has 1 heterocycles. The molecule has 2 unspecified atom stereocenters. The number of Topliss-reactive ketones (excluding diaryl/α,β-unsaturated/α-hetero) is 2. The van der Waals surface area contributed by atoms with E-state index in [1.54, 1.807) is 6.92 Å². The second kappa shape index (κ2) is 8.11. The van der Waals surface area contributed by atoms with Crippen molar-refractivity contribution in [2.24, 2.45) is 0 Å². The average molecular weight is 396 g/mol. The van der Waals surface area contributed by atoms with Crippen LogP contribution in [0, 0.1) is 6.92 Å². The number of allylic oxidation sites excluding steroid dienone is 1. The van der Waals surface area contributed by atoms with E-state index in [0.717, 1.165) is 22.5 Å². The molecule has 0 aliphatic carbocycles. The maximum Gasteiger partial charge on any atom is 0.186 e. The molecule has 2 atom stereocenters. The average Bonchev–Trinajstić information content (AvgIpc) is 3.07. The number of benzene rings is 3. The third kappa shape index (κ3) is 3.48. The largest absolute Gasteiger partial charge is 0.333 e. The molecule has 0 spiro atoms. The molecule has 3 heteroatoms. The quantitative estimate of drug-likeness (QED) is 0.519. The number of aryl methyl sites for hydroxylation is 1. The predicted molar refractivity (Wildman–Crippen MR) is 121 cm³/mol. The van der Waals surface area contributed by atoms with Crippen molar-refractivity contribution in [3.63, 3.8) is 0 Å². The molecule has 0 saturated heterocycles. The molecule has 0 bridgehead atoms. The lowest BCUT2D eigenvalue weighted by Gasteiger charge is -2.31. The molecule has 0 radical (unpaired) electrons. The number of hydrogen-bond acceptors (Lipinski definition) is 3. The summed E-state index contributed by atoms with van der Waals surface area (Å²) in [6.45, 7) is 5.53. The summed E-state index contributed by atoms with van der Waals surface area (Å²) in [5.41, 5.74) is 5.14. The van der Waals surface area contributed by atoms with Gasteiger partial charge >= 0.3 is 0 Å². The highest BCUT2D eigenvalue weighted by Gasteiger charge is 2.46. The highest BCUT2D eigenvalue weighted by Crippen LogP contribution is 2.45. The van der Waals surface area contributed by atoms with Crippen molar-refractivity contribution in [2.45, 2.75) is 32.7 Å². The second-order valence-electron chi connectivity index (χ2n) is 7.83. The van der Waals surface area contributed by atoms with Crippen molar-refractivity contribution in [1.82, 2.24) is 0 Å². The summed E-state index contributed by atoms with van der Waals surface area (Å²) in [5, 5.41) is 0. The summed E-state index contributed by atoms with van der Waals surface area (Å²) in [6, 6.07) is 26.9. The van der Waals surface area contributed by atoms with Gasteiger partial charge in [-0.05, 0) is 44.5 Å². The molecule has 1 aliphatic rings. The molecule has 3 nitrogen and oxygen atoms in total. The number of ketones is 2. The van der Waals surface area contributed by atoms with Gasteiger partial charge in [-0.3, -0.25) is 9.59 Å². The van der Waals surface area contributed by atoms with Gasteiger partial charge in [0.1, 0.15) is 6.04 Å². The van der Waals surface area contributed by atoms with Gasteiger partial charge in [-0.2, -0.15) is 0 Å². The standard InChI is InChI=1S/C27H25NO2/c1-18-11-10-14-22(17-18)27(30)26-25(21-12-6-4-7-13-21)24(20(3)29)19(2)28(26)23-15-8-5-9-16-23/h4-17,25-26H,1-3H3. The van der Waals surface area contributed by atoms with Gasteiger partial charge in [0.05, 0.1) is 0 Å². The third-order valence-electron chi connectivity index (χ3n) is 5.80. The fourth-order valence-electron chi connectivity index (χ4n) is 4.53. The Bertz CT molecular complexity index is 1120. The first-order valence-electron chi connectivity index (χ1n) is 10.2. The summed E-state index contributed by atoms with van der Waals surface area (Å²) in [5.74, 6) is -0.300. The molecule has 3 aromatic carbocycles. The minimum Gasteiger partial charge on any atom is -0.333 e. The lowest BCUT2D eigenvalue weighted by molar-refractivity contribution is -0.113. The van der Waals surface area contributed by atoms with Crippen molar-refractivity contribution in [2.75, 3.05) is 4.90 Å². The summed E-state index contributed by atoms with van der Waals surface area (Å²) in [4.78, 5) is 28.7. The molecule has 0 aromatic heterocycles. The van der Waals surface area contributed by atoms with Crippen molar-refractivity contribution in [3.8, 4) is 0 Å². The molecular weight excluding hydrogens is 370 g/mol. The van der Waals surface area contributed by atoms with Crippen LogP contribution < -0.4 is 4.90 Å². The van der Waals surface area contributed by atoms with Crippen LogP contribution in [0.3, 0.4) is 0 Å². The Morgan fingerprint density at radius 1 is 0.800 bits per heavy atom. The van der Waals surface area contributed by atoms with Crippen LogP contribution in [0.5, 0.6) is 0 Å². The van der Waals surface area contributed by atoms with E-state index in [0.29, 0.717) is 11.1 Å². The Labute approximate surface area is 177 Å². The zero-order valence-electron chi connectivity index (χ0n) is 17.5. The van der Waals surface area contributed by atoms with Crippen LogP contribution in [-0.4, -0.2) is 17.6 Å². The summed E-state index contributed by atoms with van der Waals surface area (Å²) < 4.78 is 0. The van der Waals surface area contributed by atoms with Crippen molar-refractivity contribution in [3.05, 3.63) is 113 Å². The van der Waals surface area contributed by atoms with E-state index in [9.17, 15) is 9.59 Å². The van der Waals surface area contributed by atoms with Gasteiger partial charge < -0.3 is 4.90 Å². The topological polar surface area (TPSA) is 37.4 Å². The maximum absolute atomic E-state index is 13.9. The highest BCUT2D eigenvalue weighted by molar-refractivity contribution is 6.08. The minimum absolute atomic E-state index is 0.00169. The van der Waals surface area contributed by atoms with Crippen LogP contribution in [0.1, 0.15) is 41.3 Å². The Hall–Kier alpha value is -3.46. The molecule has 3 aromatic rings. The second-order valence-corrected chi connectivity index (χ2v) is 7.83. The monoisotopic (exact) mass is 395 g/mol.